The normalized spacial score (nSPS) is 15.5. The van der Waals surface area contributed by atoms with E-state index in [-0.39, 0.29) is 11.4 Å². The van der Waals surface area contributed by atoms with Gasteiger partial charge in [0.15, 0.2) is 0 Å². The molecule has 0 aromatic heterocycles. The maximum Gasteiger partial charge on any atom is 0.294 e. The van der Waals surface area contributed by atoms with Crippen LogP contribution in [-0.4, -0.2) is 28.5 Å². The van der Waals surface area contributed by atoms with E-state index >= 15 is 0 Å². The Kier molecular flexibility index (Phi) is 5.68. The number of benzene rings is 2. The third-order valence-electron chi connectivity index (χ3n) is 4.11. The van der Waals surface area contributed by atoms with Gasteiger partial charge in [0.05, 0.1) is 4.91 Å². The quantitative estimate of drug-likeness (QED) is 0.759. The van der Waals surface area contributed by atoms with Crippen LogP contribution in [0, 0.1) is 13.8 Å². The monoisotopic (exact) mass is 400 g/mol. The number of thioether (sulfide) groups is 1. The number of hydrogen-bond acceptors (Lipinski definition) is 4. The lowest BCUT2D eigenvalue weighted by atomic mass is 10.1. The molecular formula is C20H17ClN2O3S. The zero-order valence-corrected chi connectivity index (χ0v) is 16.4. The van der Waals surface area contributed by atoms with Crippen molar-refractivity contribution in [2.24, 2.45) is 0 Å². The van der Waals surface area contributed by atoms with E-state index in [1.54, 1.807) is 30.3 Å². The summed E-state index contributed by atoms with van der Waals surface area (Å²) < 4.78 is 0. The van der Waals surface area contributed by atoms with Gasteiger partial charge in [0.1, 0.15) is 6.54 Å². The molecule has 138 valence electrons. The van der Waals surface area contributed by atoms with Crippen LogP contribution in [0.3, 0.4) is 0 Å². The fourth-order valence-electron chi connectivity index (χ4n) is 2.70. The van der Waals surface area contributed by atoms with E-state index in [1.165, 1.54) is 0 Å². The summed E-state index contributed by atoms with van der Waals surface area (Å²) in [6.45, 7) is 3.43. The number of rotatable bonds is 4. The number of hydrogen-bond donors (Lipinski definition) is 1. The van der Waals surface area contributed by atoms with Crippen molar-refractivity contribution in [3.8, 4) is 0 Å². The number of carbonyl (C=O) groups is 3. The third-order valence-corrected chi connectivity index (χ3v) is 5.36. The Labute approximate surface area is 166 Å². The Hall–Kier alpha value is -2.57. The molecule has 0 spiro atoms. The van der Waals surface area contributed by atoms with Crippen molar-refractivity contribution in [2.45, 2.75) is 13.8 Å². The van der Waals surface area contributed by atoms with Gasteiger partial charge in [0.25, 0.3) is 11.1 Å². The van der Waals surface area contributed by atoms with E-state index in [9.17, 15) is 14.4 Å². The van der Waals surface area contributed by atoms with Crippen LogP contribution < -0.4 is 5.32 Å². The maximum atomic E-state index is 12.5. The molecule has 1 N–H and O–H groups in total. The van der Waals surface area contributed by atoms with Crippen LogP contribution in [0.2, 0.25) is 5.02 Å². The van der Waals surface area contributed by atoms with Gasteiger partial charge >= 0.3 is 0 Å². The first kappa shape index (κ1) is 19.2. The number of aryl methyl sites for hydroxylation is 2. The first-order valence-electron chi connectivity index (χ1n) is 8.23. The van der Waals surface area contributed by atoms with Crippen LogP contribution in [0.15, 0.2) is 47.4 Å². The summed E-state index contributed by atoms with van der Waals surface area (Å²) in [4.78, 5) is 38.3. The minimum Gasteiger partial charge on any atom is -0.324 e. The number of carbonyl (C=O) groups excluding carboxylic acids is 3. The highest BCUT2D eigenvalue weighted by Crippen LogP contribution is 2.33. The van der Waals surface area contributed by atoms with Crippen LogP contribution in [0.25, 0.3) is 6.08 Å². The standard InChI is InChI=1S/C20H17ClN2O3S/c1-12-6-5-7-13(2)18(12)22-17(24)11-23-19(25)16(27-20(23)26)10-14-8-3-4-9-15(14)21/h3-10H,11H2,1-2H3,(H,22,24)/b16-10+. The van der Waals surface area contributed by atoms with Gasteiger partial charge in [-0.2, -0.15) is 0 Å². The lowest BCUT2D eigenvalue weighted by molar-refractivity contribution is -0.127. The summed E-state index contributed by atoms with van der Waals surface area (Å²) in [5, 5.41) is 2.79. The second kappa shape index (κ2) is 7.98. The molecule has 27 heavy (non-hydrogen) atoms. The highest BCUT2D eigenvalue weighted by atomic mass is 35.5. The summed E-state index contributed by atoms with van der Waals surface area (Å²) in [6, 6.07) is 12.7. The van der Waals surface area contributed by atoms with Gasteiger partial charge < -0.3 is 5.32 Å². The number of halogens is 1. The molecule has 1 aliphatic rings. The summed E-state index contributed by atoms with van der Waals surface area (Å²) in [7, 11) is 0. The van der Waals surface area contributed by atoms with E-state index in [4.69, 9.17) is 11.6 Å². The zero-order chi connectivity index (χ0) is 19.6. The summed E-state index contributed by atoms with van der Waals surface area (Å²) in [5.74, 6) is -0.921. The maximum absolute atomic E-state index is 12.5. The van der Waals surface area contributed by atoms with Gasteiger partial charge in [0, 0.05) is 10.7 Å². The van der Waals surface area contributed by atoms with E-state index < -0.39 is 17.1 Å². The lowest BCUT2D eigenvalue weighted by Gasteiger charge is -2.15. The van der Waals surface area contributed by atoms with E-state index in [0.717, 1.165) is 27.8 Å². The molecule has 3 rings (SSSR count). The van der Waals surface area contributed by atoms with Crippen LogP contribution in [0.5, 0.6) is 0 Å². The Morgan fingerprint density at radius 1 is 1.11 bits per heavy atom. The molecule has 1 saturated heterocycles. The SMILES string of the molecule is Cc1cccc(C)c1NC(=O)CN1C(=O)S/C(=C/c2ccccc2Cl)C1=O. The minimum absolute atomic E-state index is 0.243. The zero-order valence-electron chi connectivity index (χ0n) is 14.8. The highest BCUT2D eigenvalue weighted by molar-refractivity contribution is 8.18. The average Bonchev–Trinajstić information content (AvgIpc) is 2.88. The Bertz CT molecular complexity index is 951. The molecule has 0 saturated carbocycles. The molecule has 0 radical (unpaired) electrons. The number of nitrogens with one attached hydrogen (secondary N) is 1. The van der Waals surface area contributed by atoms with Gasteiger partial charge in [-0.1, -0.05) is 48.0 Å². The second-order valence-electron chi connectivity index (χ2n) is 6.10. The van der Waals surface area contributed by atoms with E-state index in [2.05, 4.69) is 5.32 Å². The van der Waals surface area contributed by atoms with Gasteiger partial charge in [-0.3, -0.25) is 19.3 Å². The largest absolute Gasteiger partial charge is 0.324 e. The van der Waals surface area contributed by atoms with Crippen molar-refractivity contribution in [2.75, 3.05) is 11.9 Å². The van der Waals surface area contributed by atoms with Crippen molar-refractivity contribution >= 4 is 52.2 Å². The van der Waals surface area contributed by atoms with Crippen molar-refractivity contribution in [1.82, 2.24) is 4.90 Å². The molecule has 0 aliphatic carbocycles. The van der Waals surface area contributed by atoms with E-state index in [1.807, 2.05) is 32.0 Å². The Morgan fingerprint density at radius 2 is 1.78 bits per heavy atom. The van der Waals surface area contributed by atoms with Gasteiger partial charge in [0.2, 0.25) is 5.91 Å². The summed E-state index contributed by atoms with van der Waals surface area (Å²) >= 11 is 6.90. The molecule has 3 amide bonds. The first-order chi connectivity index (χ1) is 12.9. The van der Waals surface area contributed by atoms with Gasteiger partial charge in [-0.25, -0.2) is 0 Å². The third kappa shape index (κ3) is 4.23. The number of para-hydroxylation sites is 1. The minimum atomic E-state index is -0.499. The van der Waals surface area contributed by atoms with Crippen molar-refractivity contribution in [3.05, 3.63) is 69.1 Å². The molecule has 7 heteroatoms. The molecule has 0 unspecified atom stereocenters. The molecular weight excluding hydrogens is 384 g/mol. The van der Waals surface area contributed by atoms with Gasteiger partial charge in [-0.15, -0.1) is 0 Å². The molecule has 1 fully saturated rings. The predicted octanol–water partition coefficient (Wildman–Crippen LogP) is 4.63. The van der Waals surface area contributed by atoms with Gasteiger partial charge in [-0.05, 0) is 54.4 Å². The highest BCUT2D eigenvalue weighted by Gasteiger charge is 2.36. The molecule has 0 atom stereocenters. The van der Waals surface area contributed by atoms with E-state index in [0.29, 0.717) is 16.3 Å². The fourth-order valence-corrected chi connectivity index (χ4v) is 3.72. The number of anilines is 1. The van der Waals surface area contributed by atoms with Crippen LogP contribution in [-0.2, 0) is 9.59 Å². The Balaban J connectivity index is 1.74. The molecule has 1 aliphatic heterocycles. The first-order valence-corrected chi connectivity index (χ1v) is 9.42. The average molecular weight is 401 g/mol. The number of imide groups is 1. The fraction of sp³-hybridized carbons (Fsp3) is 0.150. The number of nitrogens with zero attached hydrogens (tertiary/aromatic N) is 1. The van der Waals surface area contributed by atoms with Crippen molar-refractivity contribution < 1.29 is 14.4 Å². The van der Waals surface area contributed by atoms with Crippen molar-refractivity contribution in [1.29, 1.82) is 0 Å². The molecule has 2 aromatic rings. The van der Waals surface area contributed by atoms with Crippen LogP contribution in [0.1, 0.15) is 16.7 Å². The topological polar surface area (TPSA) is 66.5 Å². The Morgan fingerprint density at radius 3 is 2.44 bits per heavy atom. The summed E-state index contributed by atoms with van der Waals surface area (Å²) in [6.07, 6.45) is 1.57. The second-order valence-corrected chi connectivity index (χ2v) is 7.50. The molecule has 1 heterocycles. The van der Waals surface area contributed by atoms with Crippen LogP contribution in [0.4, 0.5) is 10.5 Å². The number of amides is 3. The lowest BCUT2D eigenvalue weighted by Crippen LogP contribution is -2.36. The summed E-state index contributed by atoms with van der Waals surface area (Å²) in [5.41, 5.74) is 3.16. The van der Waals surface area contributed by atoms with Crippen molar-refractivity contribution in [3.63, 3.8) is 0 Å². The molecule has 0 bridgehead atoms. The smallest absolute Gasteiger partial charge is 0.294 e. The molecule has 5 nitrogen and oxygen atoms in total. The van der Waals surface area contributed by atoms with Crippen LogP contribution >= 0.6 is 23.4 Å². The molecule has 2 aromatic carbocycles. The predicted molar refractivity (Wildman–Crippen MR) is 109 cm³/mol.